The summed E-state index contributed by atoms with van der Waals surface area (Å²) in [6, 6.07) is 0.296. The van der Waals surface area contributed by atoms with E-state index in [0.29, 0.717) is 18.4 Å². The average molecular weight is 268 g/mol. The molecule has 4 heteroatoms. The summed E-state index contributed by atoms with van der Waals surface area (Å²) in [5.74, 6) is 1.57. The highest BCUT2D eigenvalue weighted by Crippen LogP contribution is 2.20. The second-order valence-electron chi connectivity index (χ2n) is 6.04. The Labute approximate surface area is 116 Å². The van der Waals surface area contributed by atoms with Crippen molar-refractivity contribution in [3.63, 3.8) is 0 Å². The van der Waals surface area contributed by atoms with Crippen LogP contribution in [-0.2, 0) is 9.53 Å². The van der Waals surface area contributed by atoms with Crippen LogP contribution in [0.1, 0.15) is 45.4 Å². The van der Waals surface area contributed by atoms with Crippen LogP contribution in [0.3, 0.4) is 0 Å². The van der Waals surface area contributed by atoms with E-state index in [0.717, 1.165) is 51.5 Å². The molecule has 110 valence electrons. The highest BCUT2D eigenvalue weighted by atomic mass is 16.5. The zero-order valence-electron chi connectivity index (χ0n) is 12.1. The number of carbonyl (C=O) groups is 1. The molecule has 1 unspecified atom stereocenters. The van der Waals surface area contributed by atoms with E-state index >= 15 is 0 Å². The topological polar surface area (TPSA) is 50.4 Å². The lowest BCUT2D eigenvalue weighted by Crippen LogP contribution is -2.40. The van der Waals surface area contributed by atoms with Crippen LogP contribution in [0.25, 0.3) is 0 Å². The number of piperidine rings is 1. The molecule has 0 bridgehead atoms. The molecule has 0 aromatic heterocycles. The molecule has 0 aliphatic carbocycles. The van der Waals surface area contributed by atoms with Gasteiger partial charge in [0.1, 0.15) is 0 Å². The summed E-state index contributed by atoms with van der Waals surface area (Å²) in [5, 5.41) is 6.54. The highest BCUT2D eigenvalue weighted by Gasteiger charge is 2.22. The first kappa shape index (κ1) is 14.8. The van der Waals surface area contributed by atoms with Gasteiger partial charge >= 0.3 is 0 Å². The van der Waals surface area contributed by atoms with Crippen LogP contribution in [0.5, 0.6) is 0 Å². The number of ether oxygens (including phenoxy) is 1. The predicted molar refractivity (Wildman–Crippen MR) is 76.0 cm³/mol. The molecule has 0 radical (unpaired) electrons. The zero-order valence-corrected chi connectivity index (χ0v) is 12.1. The molecule has 19 heavy (non-hydrogen) atoms. The Hall–Kier alpha value is -0.610. The molecule has 0 aromatic rings. The third-order valence-electron chi connectivity index (χ3n) is 4.60. The monoisotopic (exact) mass is 268 g/mol. The van der Waals surface area contributed by atoms with Crippen molar-refractivity contribution in [2.45, 2.75) is 51.5 Å². The van der Waals surface area contributed by atoms with Gasteiger partial charge in [-0.15, -0.1) is 0 Å². The summed E-state index contributed by atoms with van der Waals surface area (Å²) in [6.07, 6.45) is 6.35. The molecule has 4 nitrogen and oxygen atoms in total. The van der Waals surface area contributed by atoms with Crippen molar-refractivity contribution in [1.29, 1.82) is 0 Å². The Kier molecular flexibility index (Phi) is 6.11. The fourth-order valence-electron chi connectivity index (χ4n) is 3.17. The molecule has 1 atom stereocenters. The second kappa shape index (κ2) is 7.85. The smallest absolute Gasteiger partial charge is 0.220 e. The van der Waals surface area contributed by atoms with Crippen LogP contribution < -0.4 is 10.6 Å². The van der Waals surface area contributed by atoms with Gasteiger partial charge in [0.25, 0.3) is 0 Å². The van der Waals surface area contributed by atoms with Crippen molar-refractivity contribution in [2.75, 3.05) is 26.3 Å². The summed E-state index contributed by atoms with van der Waals surface area (Å²) >= 11 is 0. The lowest BCUT2D eigenvalue weighted by atomic mass is 9.91. The van der Waals surface area contributed by atoms with Crippen molar-refractivity contribution in [2.24, 2.45) is 11.8 Å². The van der Waals surface area contributed by atoms with Gasteiger partial charge in [-0.05, 0) is 64.0 Å². The van der Waals surface area contributed by atoms with Crippen molar-refractivity contribution in [3.8, 4) is 0 Å². The van der Waals surface area contributed by atoms with Crippen LogP contribution >= 0.6 is 0 Å². The van der Waals surface area contributed by atoms with Gasteiger partial charge in [0, 0.05) is 25.7 Å². The molecular formula is C15H28N2O2. The molecule has 2 aliphatic heterocycles. The molecule has 0 saturated carbocycles. The highest BCUT2D eigenvalue weighted by molar-refractivity contribution is 5.76. The van der Waals surface area contributed by atoms with E-state index in [9.17, 15) is 4.79 Å². The Morgan fingerprint density at radius 3 is 2.63 bits per heavy atom. The van der Waals surface area contributed by atoms with E-state index in [4.69, 9.17) is 4.74 Å². The SMILES string of the molecule is CC(NC(=O)CCC1CCNCC1)C1CCOCC1. The minimum absolute atomic E-state index is 0.234. The van der Waals surface area contributed by atoms with Crippen LogP contribution in [0, 0.1) is 11.8 Å². The first-order chi connectivity index (χ1) is 9.25. The predicted octanol–water partition coefficient (Wildman–Crippen LogP) is 1.70. The molecule has 2 saturated heterocycles. The van der Waals surface area contributed by atoms with Gasteiger partial charge in [-0.3, -0.25) is 4.79 Å². The Balaban J connectivity index is 1.62. The number of hydrogen-bond acceptors (Lipinski definition) is 3. The van der Waals surface area contributed by atoms with Crippen LogP contribution in [0.2, 0.25) is 0 Å². The molecule has 1 amide bonds. The Morgan fingerprint density at radius 2 is 1.95 bits per heavy atom. The van der Waals surface area contributed by atoms with Gasteiger partial charge in [0.05, 0.1) is 0 Å². The number of nitrogens with one attached hydrogen (secondary N) is 2. The Bertz CT molecular complexity index is 271. The van der Waals surface area contributed by atoms with Crippen LogP contribution in [-0.4, -0.2) is 38.3 Å². The zero-order chi connectivity index (χ0) is 13.5. The second-order valence-corrected chi connectivity index (χ2v) is 6.04. The van der Waals surface area contributed by atoms with Crippen molar-refractivity contribution in [1.82, 2.24) is 10.6 Å². The lowest BCUT2D eigenvalue weighted by Gasteiger charge is -2.28. The largest absolute Gasteiger partial charge is 0.381 e. The van der Waals surface area contributed by atoms with E-state index in [1.54, 1.807) is 0 Å². The standard InChI is InChI=1S/C15H28N2O2/c1-12(14-6-10-19-11-7-14)17-15(18)3-2-13-4-8-16-9-5-13/h12-14,16H,2-11H2,1H3,(H,17,18). The maximum Gasteiger partial charge on any atom is 0.220 e. The summed E-state index contributed by atoms with van der Waals surface area (Å²) in [7, 11) is 0. The lowest BCUT2D eigenvalue weighted by molar-refractivity contribution is -0.122. The van der Waals surface area contributed by atoms with Gasteiger partial charge in [-0.25, -0.2) is 0 Å². The molecule has 2 heterocycles. The summed E-state index contributed by atoms with van der Waals surface area (Å²) in [5.41, 5.74) is 0. The van der Waals surface area contributed by atoms with Crippen molar-refractivity contribution >= 4 is 5.91 Å². The molecule has 0 aromatic carbocycles. The quantitative estimate of drug-likeness (QED) is 0.798. The van der Waals surface area contributed by atoms with Crippen LogP contribution in [0.4, 0.5) is 0 Å². The number of rotatable bonds is 5. The molecule has 2 aliphatic rings. The summed E-state index contributed by atoms with van der Waals surface area (Å²) < 4.78 is 5.36. The van der Waals surface area contributed by atoms with E-state index < -0.39 is 0 Å². The molecule has 2 fully saturated rings. The van der Waals surface area contributed by atoms with E-state index in [1.165, 1.54) is 12.8 Å². The number of carbonyl (C=O) groups excluding carboxylic acids is 1. The summed E-state index contributed by atoms with van der Waals surface area (Å²) in [6.45, 7) is 6.06. The number of hydrogen-bond donors (Lipinski definition) is 2. The molecular weight excluding hydrogens is 240 g/mol. The van der Waals surface area contributed by atoms with Gasteiger partial charge < -0.3 is 15.4 Å². The third-order valence-corrected chi connectivity index (χ3v) is 4.60. The molecule has 2 N–H and O–H groups in total. The fourth-order valence-corrected chi connectivity index (χ4v) is 3.17. The third kappa shape index (κ3) is 5.11. The van der Waals surface area contributed by atoms with Crippen molar-refractivity contribution < 1.29 is 9.53 Å². The molecule has 2 rings (SSSR count). The van der Waals surface area contributed by atoms with E-state index in [1.807, 2.05) is 0 Å². The normalized spacial score (nSPS) is 24.1. The van der Waals surface area contributed by atoms with Gasteiger partial charge in [0.2, 0.25) is 5.91 Å². The van der Waals surface area contributed by atoms with E-state index in [-0.39, 0.29) is 5.91 Å². The van der Waals surface area contributed by atoms with Crippen molar-refractivity contribution in [3.05, 3.63) is 0 Å². The first-order valence-electron chi connectivity index (χ1n) is 7.83. The summed E-state index contributed by atoms with van der Waals surface area (Å²) in [4.78, 5) is 12.0. The van der Waals surface area contributed by atoms with Gasteiger partial charge in [-0.1, -0.05) is 0 Å². The number of amides is 1. The minimum Gasteiger partial charge on any atom is -0.381 e. The van der Waals surface area contributed by atoms with E-state index in [2.05, 4.69) is 17.6 Å². The Morgan fingerprint density at radius 1 is 1.26 bits per heavy atom. The van der Waals surface area contributed by atoms with Gasteiger partial charge in [-0.2, -0.15) is 0 Å². The van der Waals surface area contributed by atoms with Crippen LogP contribution in [0.15, 0.2) is 0 Å². The van der Waals surface area contributed by atoms with Gasteiger partial charge in [0.15, 0.2) is 0 Å². The first-order valence-corrected chi connectivity index (χ1v) is 7.83. The fraction of sp³-hybridized carbons (Fsp3) is 0.933. The average Bonchev–Trinajstić information content (AvgIpc) is 2.47. The maximum atomic E-state index is 12.0. The molecule has 0 spiro atoms. The minimum atomic E-state index is 0.234. The maximum absolute atomic E-state index is 12.0.